The van der Waals surface area contributed by atoms with Crippen LogP contribution in [0.5, 0.6) is 0 Å². The Labute approximate surface area is 54.2 Å². The molecule has 0 aliphatic carbocycles. The Hall–Kier alpha value is -0.160. The van der Waals surface area contributed by atoms with Crippen LogP contribution in [-0.4, -0.2) is 40.3 Å². The van der Waals surface area contributed by atoms with Crippen molar-refractivity contribution in [3.05, 3.63) is 0 Å². The van der Waals surface area contributed by atoms with E-state index in [4.69, 9.17) is 10.4 Å². The predicted octanol–water partition coefficient (Wildman–Crippen LogP) is 0.120. The molecule has 0 bridgehead atoms. The fourth-order valence-corrected chi connectivity index (χ4v) is 0.918. The van der Waals surface area contributed by atoms with Gasteiger partial charge in [-0.15, -0.1) is 0 Å². The first-order valence-electron chi connectivity index (χ1n) is 3.16. The minimum atomic E-state index is 0.250. The fraction of sp³-hybridized carbons (Fsp3) is 1.00. The van der Waals surface area contributed by atoms with Crippen molar-refractivity contribution in [3.63, 3.8) is 0 Å². The van der Waals surface area contributed by atoms with Crippen LogP contribution >= 0.6 is 0 Å². The van der Waals surface area contributed by atoms with Gasteiger partial charge in [-0.3, -0.25) is 0 Å². The second-order valence-corrected chi connectivity index (χ2v) is 2.31. The van der Waals surface area contributed by atoms with E-state index in [-0.39, 0.29) is 6.67 Å². The van der Waals surface area contributed by atoms with E-state index in [0.717, 1.165) is 23.0 Å². The van der Waals surface area contributed by atoms with Crippen molar-refractivity contribution in [1.82, 2.24) is 10.1 Å². The van der Waals surface area contributed by atoms with Crippen molar-refractivity contribution in [2.75, 3.05) is 19.8 Å². The summed E-state index contributed by atoms with van der Waals surface area (Å²) in [6.45, 7) is 1.58. The summed E-state index contributed by atoms with van der Waals surface area (Å²) in [5.74, 6) is 0. The van der Waals surface area contributed by atoms with Gasteiger partial charge >= 0.3 is 0 Å². The van der Waals surface area contributed by atoms with Gasteiger partial charge < -0.3 is 10.4 Å². The Morgan fingerprint density at radius 1 is 0.889 bits per heavy atom. The summed E-state index contributed by atoms with van der Waals surface area (Å²) in [5.41, 5.74) is 0. The highest BCUT2D eigenvalue weighted by Crippen LogP contribution is 2.00. The number of hydrogen-bond acceptors (Lipinski definition) is 4. The molecule has 0 amide bonds. The average Bonchev–Trinajstić information content (AvgIpc) is 1.93. The molecule has 1 aliphatic heterocycles. The molecule has 0 aromatic rings. The highest BCUT2D eigenvalue weighted by atomic mass is 16.5. The van der Waals surface area contributed by atoms with Crippen LogP contribution in [0.4, 0.5) is 0 Å². The topological polar surface area (TPSA) is 46.9 Å². The van der Waals surface area contributed by atoms with Crippen LogP contribution in [0, 0.1) is 0 Å². The quantitative estimate of drug-likeness (QED) is 0.491. The van der Waals surface area contributed by atoms with Crippen LogP contribution in [0.25, 0.3) is 0 Å². The number of hydrogen-bond donors (Lipinski definition) is 2. The van der Waals surface area contributed by atoms with Gasteiger partial charge in [0.2, 0.25) is 0 Å². The lowest BCUT2D eigenvalue weighted by atomic mass is 10.3. The van der Waals surface area contributed by atoms with Crippen molar-refractivity contribution >= 4 is 0 Å². The highest BCUT2D eigenvalue weighted by Gasteiger charge is 2.10. The number of hydroxylamine groups is 4. The zero-order valence-electron chi connectivity index (χ0n) is 5.32. The van der Waals surface area contributed by atoms with Gasteiger partial charge in [-0.25, -0.2) is 0 Å². The van der Waals surface area contributed by atoms with E-state index in [0.29, 0.717) is 13.1 Å². The van der Waals surface area contributed by atoms with Crippen LogP contribution in [0.15, 0.2) is 0 Å². The van der Waals surface area contributed by atoms with E-state index in [9.17, 15) is 0 Å². The molecule has 1 aliphatic rings. The van der Waals surface area contributed by atoms with E-state index in [2.05, 4.69) is 0 Å². The predicted molar refractivity (Wildman–Crippen MR) is 31.1 cm³/mol. The van der Waals surface area contributed by atoms with Crippen LogP contribution in [0.1, 0.15) is 12.8 Å². The first-order valence-corrected chi connectivity index (χ1v) is 3.16. The molecule has 0 unspecified atom stereocenters. The Morgan fingerprint density at radius 3 is 1.78 bits per heavy atom. The molecule has 0 saturated carbocycles. The van der Waals surface area contributed by atoms with Gasteiger partial charge in [0, 0.05) is 13.1 Å². The third kappa shape index (κ3) is 2.28. The Kier molecular flexibility index (Phi) is 2.41. The molecule has 1 rings (SSSR count). The fourth-order valence-electron chi connectivity index (χ4n) is 0.918. The molecule has 4 nitrogen and oxygen atoms in total. The summed E-state index contributed by atoms with van der Waals surface area (Å²) >= 11 is 0. The SMILES string of the molecule is ON1CCCCN(O)C1. The maximum absolute atomic E-state index is 8.89. The van der Waals surface area contributed by atoms with E-state index >= 15 is 0 Å². The van der Waals surface area contributed by atoms with Gasteiger partial charge in [-0.1, -0.05) is 0 Å². The number of nitrogens with zero attached hydrogens (tertiary/aromatic N) is 2. The molecule has 0 radical (unpaired) electrons. The van der Waals surface area contributed by atoms with Crippen molar-refractivity contribution in [2.45, 2.75) is 12.8 Å². The van der Waals surface area contributed by atoms with Gasteiger partial charge in [0.05, 0.1) is 6.67 Å². The molecule has 54 valence electrons. The maximum Gasteiger partial charge on any atom is 0.0994 e. The minimum absolute atomic E-state index is 0.250. The van der Waals surface area contributed by atoms with Crippen LogP contribution in [0.3, 0.4) is 0 Å². The molecule has 0 aromatic carbocycles. The smallest absolute Gasteiger partial charge is 0.0994 e. The molecule has 0 aromatic heterocycles. The van der Waals surface area contributed by atoms with E-state index in [1.165, 1.54) is 0 Å². The summed E-state index contributed by atoms with van der Waals surface area (Å²) in [4.78, 5) is 0. The molecule has 1 saturated heterocycles. The monoisotopic (exact) mass is 132 g/mol. The van der Waals surface area contributed by atoms with E-state index < -0.39 is 0 Å². The molecule has 1 fully saturated rings. The Morgan fingerprint density at radius 2 is 1.33 bits per heavy atom. The molecular formula is C5H12N2O2. The third-order valence-corrected chi connectivity index (χ3v) is 1.41. The lowest BCUT2D eigenvalue weighted by molar-refractivity contribution is -0.194. The number of rotatable bonds is 0. The van der Waals surface area contributed by atoms with E-state index in [1.807, 2.05) is 0 Å². The normalized spacial score (nSPS) is 26.0. The second-order valence-electron chi connectivity index (χ2n) is 2.31. The zero-order valence-corrected chi connectivity index (χ0v) is 5.32. The summed E-state index contributed by atoms with van der Waals surface area (Å²) in [6.07, 6.45) is 1.90. The molecule has 0 atom stereocenters. The minimum Gasteiger partial charge on any atom is -0.313 e. The first-order chi connectivity index (χ1) is 4.29. The van der Waals surface area contributed by atoms with Gasteiger partial charge in [0.1, 0.15) is 0 Å². The van der Waals surface area contributed by atoms with Crippen molar-refractivity contribution < 1.29 is 10.4 Å². The summed E-state index contributed by atoms with van der Waals surface area (Å²) in [7, 11) is 0. The van der Waals surface area contributed by atoms with Crippen LogP contribution < -0.4 is 0 Å². The van der Waals surface area contributed by atoms with Crippen molar-refractivity contribution in [2.24, 2.45) is 0 Å². The summed E-state index contributed by atoms with van der Waals surface area (Å²) < 4.78 is 0. The largest absolute Gasteiger partial charge is 0.313 e. The van der Waals surface area contributed by atoms with Crippen molar-refractivity contribution in [3.8, 4) is 0 Å². The molecule has 4 heteroatoms. The average molecular weight is 132 g/mol. The standard InChI is InChI=1S/C5H12N2O2/c8-6-3-1-2-4-7(9)5-6/h8-9H,1-5H2. The van der Waals surface area contributed by atoms with Crippen molar-refractivity contribution in [1.29, 1.82) is 0 Å². The molecule has 0 spiro atoms. The lowest BCUT2D eigenvalue weighted by Crippen LogP contribution is -2.31. The van der Waals surface area contributed by atoms with E-state index in [1.54, 1.807) is 0 Å². The second kappa shape index (κ2) is 3.12. The lowest BCUT2D eigenvalue weighted by Gasteiger charge is -2.15. The molecule has 1 heterocycles. The summed E-state index contributed by atoms with van der Waals surface area (Å²) in [5, 5.41) is 20.0. The maximum atomic E-state index is 8.89. The Balaban J connectivity index is 2.29. The van der Waals surface area contributed by atoms with Gasteiger partial charge in [-0.05, 0) is 12.8 Å². The molecule has 2 N–H and O–H groups in total. The van der Waals surface area contributed by atoms with Gasteiger partial charge in [0.25, 0.3) is 0 Å². The third-order valence-electron chi connectivity index (χ3n) is 1.41. The Bertz CT molecular complexity index is 79.0. The van der Waals surface area contributed by atoms with Crippen LogP contribution in [-0.2, 0) is 0 Å². The van der Waals surface area contributed by atoms with Gasteiger partial charge in [0.15, 0.2) is 0 Å². The van der Waals surface area contributed by atoms with Crippen LogP contribution in [0.2, 0.25) is 0 Å². The highest BCUT2D eigenvalue weighted by molar-refractivity contribution is 4.52. The van der Waals surface area contributed by atoms with Gasteiger partial charge in [-0.2, -0.15) is 10.1 Å². The molecule has 9 heavy (non-hydrogen) atoms. The molecular weight excluding hydrogens is 120 g/mol. The summed E-state index contributed by atoms with van der Waals surface area (Å²) in [6, 6.07) is 0. The zero-order chi connectivity index (χ0) is 6.69. The first kappa shape index (κ1) is 6.95.